The number of nitrogens with one attached hydrogen (secondary N) is 1. The van der Waals surface area contributed by atoms with Crippen LogP contribution in [0, 0.1) is 0 Å². The zero-order chi connectivity index (χ0) is 14.4. The number of hydrogen-bond acceptors (Lipinski definition) is 5. The van der Waals surface area contributed by atoms with Crippen LogP contribution in [0.3, 0.4) is 0 Å². The summed E-state index contributed by atoms with van der Waals surface area (Å²) in [4.78, 5) is 22.0. The smallest absolute Gasteiger partial charge is 0.260 e. The summed E-state index contributed by atoms with van der Waals surface area (Å²) in [7, 11) is 0. The van der Waals surface area contributed by atoms with Crippen LogP contribution in [0.15, 0.2) is 29.1 Å². The van der Waals surface area contributed by atoms with Gasteiger partial charge in [0.2, 0.25) is 0 Å². The van der Waals surface area contributed by atoms with E-state index in [2.05, 4.69) is 9.97 Å². The molecular formula is C15H12N2O2S2. The molecule has 3 heterocycles. The van der Waals surface area contributed by atoms with Crippen LogP contribution < -0.4 is 5.56 Å². The fourth-order valence-corrected chi connectivity index (χ4v) is 4.94. The number of rotatable bonds is 1. The number of benzene rings is 1. The Morgan fingerprint density at radius 3 is 2.86 bits per heavy atom. The number of aromatic amines is 1. The maximum absolute atomic E-state index is 12.4. The first-order valence-corrected chi connectivity index (χ1v) is 8.61. The number of thioether (sulfide) groups is 1. The number of phenolic OH excluding ortho intramolecular Hbond substituents is 1. The molecule has 0 fully saturated rings. The van der Waals surface area contributed by atoms with Crippen molar-refractivity contribution in [2.75, 3.05) is 5.75 Å². The van der Waals surface area contributed by atoms with Crippen molar-refractivity contribution in [1.82, 2.24) is 9.97 Å². The van der Waals surface area contributed by atoms with Crippen LogP contribution in [0.5, 0.6) is 5.75 Å². The Bertz CT molecular complexity index is 881. The van der Waals surface area contributed by atoms with Crippen molar-refractivity contribution >= 4 is 33.3 Å². The first-order valence-electron chi connectivity index (χ1n) is 6.64. The van der Waals surface area contributed by atoms with Crippen molar-refractivity contribution in [3.63, 3.8) is 0 Å². The van der Waals surface area contributed by atoms with Gasteiger partial charge in [0.25, 0.3) is 5.56 Å². The van der Waals surface area contributed by atoms with E-state index < -0.39 is 0 Å². The predicted molar refractivity (Wildman–Crippen MR) is 87.2 cm³/mol. The van der Waals surface area contributed by atoms with E-state index in [0.29, 0.717) is 5.82 Å². The van der Waals surface area contributed by atoms with Gasteiger partial charge in [-0.25, -0.2) is 4.98 Å². The first kappa shape index (κ1) is 12.9. The van der Waals surface area contributed by atoms with E-state index in [0.717, 1.165) is 33.7 Å². The van der Waals surface area contributed by atoms with Gasteiger partial charge in [-0.1, -0.05) is 0 Å². The van der Waals surface area contributed by atoms with E-state index in [1.807, 2.05) is 11.8 Å². The van der Waals surface area contributed by atoms with E-state index in [1.165, 1.54) is 10.4 Å². The van der Waals surface area contributed by atoms with Crippen molar-refractivity contribution < 1.29 is 5.11 Å². The Kier molecular flexibility index (Phi) is 3.01. The summed E-state index contributed by atoms with van der Waals surface area (Å²) >= 11 is 3.53. The molecule has 106 valence electrons. The van der Waals surface area contributed by atoms with Gasteiger partial charge in [-0.05, 0) is 42.0 Å². The number of aromatic nitrogens is 2. The lowest BCUT2D eigenvalue weighted by molar-refractivity contribution is 0.475. The summed E-state index contributed by atoms with van der Waals surface area (Å²) < 4.78 is 0. The maximum Gasteiger partial charge on any atom is 0.260 e. The van der Waals surface area contributed by atoms with Crippen LogP contribution in [-0.4, -0.2) is 20.8 Å². The van der Waals surface area contributed by atoms with Crippen molar-refractivity contribution in [3.05, 3.63) is 45.1 Å². The molecule has 0 saturated carbocycles. The second-order valence-corrected chi connectivity index (χ2v) is 7.14. The summed E-state index contributed by atoms with van der Waals surface area (Å²) in [6.07, 6.45) is 0.948. The zero-order valence-corrected chi connectivity index (χ0v) is 12.7. The van der Waals surface area contributed by atoms with Crippen molar-refractivity contribution in [1.29, 1.82) is 0 Å². The molecule has 0 aliphatic carbocycles. The molecule has 0 radical (unpaired) electrons. The zero-order valence-electron chi connectivity index (χ0n) is 11.0. The highest BCUT2D eigenvalue weighted by Crippen LogP contribution is 2.35. The molecule has 1 aliphatic heterocycles. The average molecular weight is 316 g/mol. The topological polar surface area (TPSA) is 66.0 Å². The minimum absolute atomic E-state index is 0.0625. The van der Waals surface area contributed by atoms with E-state index in [1.54, 1.807) is 35.6 Å². The lowest BCUT2D eigenvalue weighted by Gasteiger charge is -2.09. The van der Waals surface area contributed by atoms with E-state index >= 15 is 0 Å². The normalized spacial score (nSPS) is 14.3. The number of phenols is 1. The second-order valence-electron chi connectivity index (χ2n) is 4.95. The standard InChI is InChI=1S/C15H12N2O2S2/c18-9-3-1-8(2-4-9)13-16-14(19)12-10-5-6-20-7-11(10)21-15(12)17-13/h1-4,18H,5-7H2,(H,16,17,19). The average Bonchev–Trinajstić information content (AvgIpc) is 2.86. The van der Waals surface area contributed by atoms with E-state index in [9.17, 15) is 9.90 Å². The lowest BCUT2D eigenvalue weighted by atomic mass is 10.1. The summed E-state index contributed by atoms with van der Waals surface area (Å²) in [6.45, 7) is 0. The largest absolute Gasteiger partial charge is 0.508 e. The maximum atomic E-state index is 12.4. The van der Waals surface area contributed by atoms with E-state index in [-0.39, 0.29) is 11.3 Å². The molecule has 0 amide bonds. The van der Waals surface area contributed by atoms with Crippen molar-refractivity contribution in [3.8, 4) is 17.1 Å². The molecular weight excluding hydrogens is 304 g/mol. The molecule has 0 saturated heterocycles. The molecule has 6 heteroatoms. The van der Waals surface area contributed by atoms with Crippen LogP contribution in [0.4, 0.5) is 0 Å². The van der Waals surface area contributed by atoms with Gasteiger partial charge >= 0.3 is 0 Å². The highest BCUT2D eigenvalue weighted by atomic mass is 32.2. The van der Waals surface area contributed by atoms with Gasteiger partial charge in [0, 0.05) is 16.2 Å². The fourth-order valence-electron chi connectivity index (χ4n) is 2.59. The molecule has 0 spiro atoms. The van der Waals surface area contributed by atoms with E-state index in [4.69, 9.17) is 0 Å². The molecule has 2 N–H and O–H groups in total. The monoisotopic (exact) mass is 316 g/mol. The highest BCUT2D eigenvalue weighted by molar-refractivity contribution is 7.98. The third-order valence-electron chi connectivity index (χ3n) is 3.61. The molecule has 2 aromatic heterocycles. The van der Waals surface area contributed by atoms with Gasteiger partial charge < -0.3 is 10.1 Å². The molecule has 1 aromatic carbocycles. The number of nitrogens with zero attached hydrogens (tertiary/aromatic N) is 1. The van der Waals surface area contributed by atoms with Crippen LogP contribution in [-0.2, 0) is 12.2 Å². The molecule has 4 nitrogen and oxygen atoms in total. The number of fused-ring (bicyclic) bond motifs is 3. The lowest BCUT2D eigenvalue weighted by Crippen LogP contribution is -2.11. The van der Waals surface area contributed by atoms with Crippen LogP contribution in [0.2, 0.25) is 0 Å². The Balaban J connectivity index is 1.93. The van der Waals surface area contributed by atoms with Crippen LogP contribution >= 0.6 is 23.1 Å². The molecule has 21 heavy (non-hydrogen) atoms. The van der Waals surface area contributed by atoms with Gasteiger partial charge in [0.15, 0.2) is 0 Å². The molecule has 1 aliphatic rings. The quantitative estimate of drug-likeness (QED) is 0.724. The number of hydrogen-bond donors (Lipinski definition) is 2. The Morgan fingerprint density at radius 1 is 1.24 bits per heavy atom. The fraction of sp³-hybridized carbons (Fsp3) is 0.200. The number of aryl methyl sites for hydroxylation is 1. The molecule has 0 unspecified atom stereocenters. The molecule has 0 atom stereocenters. The van der Waals surface area contributed by atoms with Gasteiger partial charge in [0.05, 0.1) is 5.39 Å². The van der Waals surface area contributed by atoms with Crippen LogP contribution in [0.25, 0.3) is 21.6 Å². The van der Waals surface area contributed by atoms with Gasteiger partial charge in [-0.3, -0.25) is 4.79 Å². The predicted octanol–water partition coefficient (Wildman–Crippen LogP) is 3.15. The minimum Gasteiger partial charge on any atom is -0.508 e. The summed E-state index contributed by atoms with van der Waals surface area (Å²) in [5.74, 6) is 2.80. The third kappa shape index (κ3) is 2.15. The summed E-state index contributed by atoms with van der Waals surface area (Å²) in [5, 5.41) is 10.1. The Hall–Kier alpha value is -1.79. The first-order chi connectivity index (χ1) is 10.2. The third-order valence-corrected chi connectivity index (χ3v) is 5.91. The number of aromatic hydroxyl groups is 1. The molecule has 0 bridgehead atoms. The van der Waals surface area contributed by atoms with Gasteiger partial charge in [-0.2, -0.15) is 11.8 Å². The van der Waals surface area contributed by atoms with Crippen molar-refractivity contribution in [2.45, 2.75) is 12.2 Å². The number of H-pyrrole nitrogens is 1. The number of thiophene rings is 1. The van der Waals surface area contributed by atoms with Crippen molar-refractivity contribution in [2.24, 2.45) is 0 Å². The second kappa shape index (κ2) is 4.89. The van der Waals surface area contributed by atoms with Gasteiger partial charge in [-0.15, -0.1) is 11.3 Å². The molecule has 4 rings (SSSR count). The SMILES string of the molecule is O=c1[nH]c(-c2ccc(O)cc2)nc2sc3c(c12)CCSC3. The van der Waals surface area contributed by atoms with Crippen LogP contribution in [0.1, 0.15) is 10.4 Å². The molecule has 3 aromatic rings. The Labute approximate surface area is 128 Å². The Morgan fingerprint density at radius 2 is 2.05 bits per heavy atom. The minimum atomic E-state index is -0.0625. The highest BCUT2D eigenvalue weighted by Gasteiger charge is 2.20. The summed E-state index contributed by atoms with van der Waals surface area (Å²) in [6, 6.07) is 6.69. The summed E-state index contributed by atoms with van der Waals surface area (Å²) in [5.41, 5.74) is 1.92. The van der Waals surface area contributed by atoms with Gasteiger partial charge in [0.1, 0.15) is 16.4 Å².